The van der Waals surface area contributed by atoms with Crippen LogP contribution in [0.3, 0.4) is 0 Å². The summed E-state index contributed by atoms with van der Waals surface area (Å²) in [6.45, 7) is 2.88. The molecule has 2 aromatic rings. The Morgan fingerprint density at radius 1 is 1.32 bits per heavy atom. The second-order valence-electron chi connectivity index (χ2n) is 5.18. The molecule has 1 aromatic carbocycles. The van der Waals surface area contributed by atoms with Gasteiger partial charge in [-0.25, -0.2) is 9.78 Å². The predicted molar refractivity (Wildman–Crippen MR) is 90.7 cm³/mol. The lowest BCUT2D eigenvalue weighted by atomic mass is 10.1. The normalized spacial score (nSPS) is 10.2. The minimum atomic E-state index is -0.817. The SMILES string of the molecule is Cc1cc(NC(=O)COC(=O)c2cccnc2Cl)c([N+](=O)[O-])cc1C. The van der Waals surface area contributed by atoms with E-state index in [-0.39, 0.29) is 22.1 Å². The third kappa shape index (κ3) is 4.51. The molecule has 0 atom stereocenters. The largest absolute Gasteiger partial charge is 0.452 e. The lowest BCUT2D eigenvalue weighted by molar-refractivity contribution is -0.384. The summed E-state index contributed by atoms with van der Waals surface area (Å²) in [6, 6.07) is 5.77. The topological polar surface area (TPSA) is 111 Å². The Bertz CT molecular complexity index is 854. The highest BCUT2D eigenvalue weighted by Crippen LogP contribution is 2.27. The minimum Gasteiger partial charge on any atom is -0.452 e. The van der Waals surface area contributed by atoms with Crippen LogP contribution in [0.25, 0.3) is 0 Å². The Morgan fingerprint density at radius 2 is 2.00 bits per heavy atom. The number of carbonyl (C=O) groups is 2. The summed E-state index contributed by atoms with van der Waals surface area (Å²) in [5.74, 6) is -1.53. The number of rotatable bonds is 5. The van der Waals surface area contributed by atoms with Gasteiger partial charge in [-0.3, -0.25) is 14.9 Å². The number of amides is 1. The molecule has 1 N–H and O–H groups in total. The van der Waals surface area contributed by atoms with Crippen molar-refractivity contribution in [3.8, 4) is 0 Å². The monoisotopic (exact) mass is 363 g/mol. The number of nitrogens with zero attached hydrogens (tertiary/aromatic N) is 2. The van der Waals surface area contributed by atoms with E-state index in [4.69, 9.17) is 16.3 Å². The summed E-state index contributed by atoms with van der Waals surface area (Å²) in [5.41, 5.74) is 1.32. The number of pyridine rings is 1. The zero-order valence-corrected chi connectivity index (χ0v) is 14.2. The molecular formula is C16H14ClN3O5. The average molecular weight is 364 g/mol. The van der Waals surface area contributed by atoms with Crippen molar-refractivity contribution in [3.05, 3.63) is 62.4 Å². The maximum atomic E-state index is 11.9. The highest BCUT2D eigenvalue weighted by molar-refractivity contribution is 6.32. The van der Waals surface area contributed by atoms with Crippen molar-refractivity contribution in [2.45, 2.75) is 13.8 Å². The molecule has 0 aliphatic rings. The molecule has 1 heterocycles. The fourth-order valence-electron chi connectivity index (χ4n) is 1.99. The summed E-state index contributed by atoms with van der Waals surface area (Å²) in [5, 5.41) is 13.4. The molecule has 0 aliphatic carbocycles. The van der Waals surface area contributed by atoms with Crippen molar-refractivity contribution in [2.75, 3.05) is 11.9 Å². The summed E-state index contributed by atoms with van der Waals surface area (Å²) in [6.07, 6.45) is 1.41. The third-order valence-corrected chi connectivity index (χ3v) is 3.70. The van der Waals surface area contributed by atoms with Gasteiger partial charge in [-0.1, -0.05) is 11.6 Å². The van der Waals surface area contributed by atoms with Crippen LogP contribution in [0.1, 0.15) is 21.5 Å². The first-order valence-corrected chi connectivity index (χ1v) is 7.50. The third-order valence-electron chi connectivity index (χ3n) is 3.40. The van der Waals surface area contributed by atoms with E-state index in [0.29, 0.717) is 0 Å². The van der Waals surface area contributed by atoms with E-state index in [1.165, 1.54) is 30.5 Å². The van der Waals surface area contributed by atoms with Gasteiger partial charge in [-0.15, -0.1) is 0 Å². The number of hydrogen-bond acceptors (Lipinski definition) is 6. The number of benzene rings is 1. The molecule has 0 spiro atoms. The zero-order chi connectivity index (χ0) is 18.6. The molecule has 0 radical (unpaired) electrons. The summed E-state index contributed by atoms with van der Waals surface area (Å²) < 4.78 is 4.85. The van der Waals surface area contributed by atoms with Crippen LogP contribution < -0.4 is 5.32 Å². The van der Waals surface area contributed by atoms with Crippen LogP contribution in [0, 0.1) is 24.0 Å². The van der Waals surface area contributed by atoms with Crippen molar-refractivity contribution < 1.29 is 19.2 Å². The maximum absolute atomic E-state index is 11.9. The summed E-state index contributed by atoms with van der Waals surface area (Å²) >= 11 is 5.76. The fraction of sp³-hybridized carbons (Fsp3) is 0.188. The van der Waals surface area contributed by atoms with E-state index in [0.717, 1.165) is 11.1 Å². The number of aryl methyl sites for hydroxylation is 2. The Hall–Kier alpha value is -3.00. The number of nitro benzene ring substituents is 1. The highest BCUT2D eigenvalue weighted by Gasteiger charge is 2.19. The minimum absolute atomic E-state index is 0.0223. The van der Waals surface area contributed by atoms with Crippen LogP contribution in [0.5, 0.6) is 0 Å². The molecule has 25 heavy (non-hydrogen) atoms. The van der Waals surface area contributed by atoms with E-state index in [1.807, 2.05) is 0 Å². The number of aromatic nitrogens is 1. The molecule has 1 aromatic heterocycles. The Kier molecular flexibility index (Phi) is 5.66. The molecule has 0 saturated heterocycles. The second kappa shape index (κ2) is 7.71. The van der Waals surface area contributed by atoms with Gasteiger partial charge in [-0.2, -0.15) is 0 Å². The molecule has 0 unspecified atom stereocenters. The second-order valence-corrected chi connectivity index (χ2v) is 5.53. The van der Waals surface area contributed by atoms with Crippen LogP contribution in [0.2, 0.25) is 5.15 Å². The average Bonchev–Trinajstić information content (AvgIpc) is 2.56. The van der Waals surface area contributed by atoms with E-state index in [9.17, 15) is 19.7 Å². The van der Waals surface area contributed by atoms with Crippen LogP contribution in [-0.4, -0.2) is 28.4 Å². The molecule has 2 rings (SSSR count). The fourth-order valence-corrected chi connectivity index (χ4v) is 2.18. The molecule has 0 saturated carbocycles. The van der Waals surface area contributed by atoms with Crippen molar-refractivity contribution in [1.82, 2.24) is 4.98 Å². The molecule has 8 nitrogen and oxygen atoms in total. The maximum Gasteiger partial charge on any atom is 0.341 e. The molecule has 0 fully saturated rings. The molecule has 9 heteroatoms. The van der Waals surface area contributed by atoms with Gasteiger partial charge in [0.2, 0.25) is 0 Å². The quantitative estimate of drug-likeness (QED) is 0.378. The number of nitro groups is 1. The zero-order valence-electron chi connectivity index (χ0n) is 13.4. The first-order chi connectivity index (χ1) is 11.8. The Balaban J connectivity index is 2.06. The Morgan fingerprint density at radius 3 is 2.64 bits per heavy atom. The molecule has 130 valence electrons. The smallest absolute Gasteiger partial charge is 0.341 e. The number of ether oxygens (including phenoxy) is 1. The van der Waals surface area contributed by atoms with E-state index >= 15 is 0 Å². The standard InChI is InChI=1S/C16H14ClN3O5/c1-9-6-12(13(20(23)24)7-10(9)2)19-14(21)8-25-16(22)11-4-3-5-18-15(11)17/h3-7H,8H2,1-2H3,(H,19,21). The summed E-state index contributed by atoms with van der Waals surface area (Å²) in [7, 11) is 0. The van der Waals surface area contributed by atoms with Gasteiger partial charge < -0.3 is 10.1 Å². The number of carbonyl (C=O) groups excluding carboxylic acids is 2. The van der Waals surface area contributed by atoms with Crippen LogP contribution in [-0.2, 0) is 9.53 Å². The number of halogens is 1. The van der Waals surface area contributed by atoms with Crippen LogP contribution >= 0.6 is 11.6 Å². The number of hydrogen-bond donors (Lipinski definition) is 1. The van der Waals surface area contributed by atoms with Crippen molar-refractivity contribution >= 4 is 34.9 Å². The van der Waals surface area contributed by atoms with Crippen molar-refractivity contribution in [3.63, 3.8) is 0 Å². The van der Waals surface area contributed by atoms with E-state index < -0.39 is 23.4 Å². The first-order valence-electron chi connectivity index (χ1n) is 7.12. The lowest BCUT2D eigenvalue weighted by Gasteiger charge is -2.09. The van der Waals surface area contributed by atoms with Crippen LogP contribution in [0.4, 0.5) is 11.4 Å². The number of esters is 1. The van der Waals surface area contributed by atoms with Gasteiger partial charge in [0.05, 0.1) is 10.5 Å². The lowest BCUT2D eigenvalue weighted by Crippen LogP contribution is -2.21. The van der Waals surface area contributed by atoms with Gasteiger partial charge in [-0.05, 0) is 43.2 Å². The predicted octanol–water partition coefficient (Wildman–Crippen LogP) is 3.06. The first kappa shape index (κ1) is 18.3. The van der Waals surface area contributed by atoms with Crippen LogP contribution in [0.15, 0.2) is 30.5 Å². The molecular weight excluding hydrogens is 350 g/mol. The number of nitrogens with one attached hydrogen (secondary N) is 1. The molecule has 0 bridgehead atoms. The molecule has 1 amide bonds. The number of anilines is 1. The van der Waals surface area contributed by atoms with Crippen molar-refractivity contribution in [2.24, 2.45) is 0 Å². The van der Waals surface area contributed by atoms with Gasteiger partial charge in [0.1, 0.15) is 10.8 Å². The van der Waals surface area contributed by atoms with Gasteiger partial charge in [0.15, 0.2) is 6.61 Å². The molecule has 0 aliphatic heterocycles. The van der Waals surface area contributed by atoms with E-state index in [2.05, 4.69) is 10.3 Å². The van der Waals surface area contributed by atoms with Gasteiger partial charge >= 0.3 is 5.97 Å². The van der Waals surface area contributed by atoms with Gasteiger partial charge in [0.25, 0.3) is 11.6 Å². The van der Waals surface area contributed by atoms with Crippen molar-refractivity contribution in [1.29, 1.82) is 0 Å². The highest BCUT2D eigenvalue weighted by atomic mass is 35.5. The van der Waals surface area contributed by atoms with Gasteiger partial charge in [0, 0.05) is 12.3 Å². The van der Waals surface area contributed by atoms with E-state index in [1.54, 1.807) is 13.8 Å². The summed E-state index contributed by atoms with van der Waals surface area (Å²) in [4.78, 5) is 38.0. The Labute approximate surface area is 147 Å².